The van der Waals surface area contributed by atoms with Crippen molar-refractivity contribution in [1.29, 1.82) is 0 Å². The molecule has 11 heavy (non-hydrogen) atoms. The maximum Gasteiger partial charge on any atom is 0.265 e. The molecule has 0 aliphatic rings. The Kier molecular flexibility index (Phi) is 1.98. The maximum atomic E-state index is 10.8. The Morgan fingerprint density at radius 2 is 2.00 bits per heavy atom. The van der Waals surface area contributed by atoms with Gasteiger partial charge in [-0.05, 0) is 13.8 Å². The molecule has 0 bridgehead atoms. The Bertz CT molecular complexity index is 344. The molecule has 1 aromatic rings. The fourth-order valence-corrected chi connectivity index (χ4v) is 2.44. The largest absolute Gasteiger partial charge is 0.468 e. The summed E-state index contributed by atoms with van der Waals surface area (Å²) in [6.07, 6.45) is 1.37. The average molecular weight is 195 g/mol. The zero-order valence-electron chi connectivity index (χ0n) is 6.09. The highest BCUT2D eigenvalue weighted by atomic mass is 35.7. The van der Waals surface area contributed by atoms with E-state index in [-0.39, 0.29) is 4.90 Å². The third kappa shape index (κ3) is 1.57. The van der Waals surface area contributed by atoms with Gasteiger partial charge in [0.15, 0.2) is 0 Å². The average Bonchev–Trinajstić information content (AvgIpc) is 2.08. The minimum absolute atomic E-state index is 0.0826. The van der Waals surface area contributed by atoms with Crippen molar-refractivity contribution in [2.45, 2.75) is 18.7 Å². The van der Waals surface area contributed by atoms with Gasteiger partial charge in [-0.15, -0.1) is 0 Å². The molecule has 0 aliphatic carbocycles. The van der Waals surface area contributed by atoms with Crippen LogP contribution in [0.4, 0.5) is 0 Å². The van der Waals surface area contributed by atoms with E-state index < -0.39 is 9.05 Å². The molecule has 3 nitrogen and oxygen atoms in total. The Morgan fingerprint density at radius 1 is 1.45 bits per heavy atom. The first-order chi connectivity index (χ1) is 4.93. The van der Waals surface area contributed by atoms with Crippen molar-refractivity contribution >= 4 is 19.7 Å². The van der Waals surface area contributed by atoms with Gasteiger partial charge in [-0.2, -0.15) is 0 Å². The van der Waals surface area contributed by atoms with Crippen LogP contribution >= 0.6 is 10.7 Å². The summed E-state index contributed by atoms with van der Waals surface area (Å²) in [5.74, 6) is 0.331. The van der Waals surface area contributed by atoms with Gasteiger partial charge in [0.1, 0.15) is 10.7 Å². The van der Waals surface area contributed by atoms with Crippen LogP contribution in [0.3, 0.4) is 0 Å². The topological polar surface area (TPSA) is 47.3 Å². The summed E-state index contributed by atoms with van der Waals surface area (Å²) in [5.41, 5.74) is 0.539. The van der Waals surface area contributed by atoms with E-state index in [0.29, 0.717) is 11.3 Å². The van der Waals surface area contributed by atoms with Gasteiger partial charge in [0, 0.05) is 16.2 Å². The lowest BCUT2D eigenvalue weighted by atomic mass is 10.3. The van der Waals surface area contributed by atoms with Crippen LogP contribution in [0.15, 0.2) is 15.6 Å². The van der Waals surface area contributed by atoms with Crippen LogP contribution in [-0.4, -0.2) is 8.42 Å². The van der Waals surface area contributed by atoms with E-state index in [4.69, 9.17) is 15.1 Å². The van der Waals surface area contributed by atoms with Crippen LogP contribution in [0.2, 0.25) is 0 Å². The summed E-state index contributed by atoms with van der Waals surface area (Å²) in [7, 11) is 1.48. The first kappa shape index (κ1) is 8.62. The number of halogens is 1. The molecule has 0 unspecified atom stereocenters. The van der Waals surface area contributed by atoms with Crippen LogP contribution in [0.25, 0.3) is 0 Å². The number of hydrogen-bond acceptors (Lipinski definition) is 3. The molecule has 0 radical (unpaired) electrons. The summed E-state index contributed by atoms with van der Waals surface area (Å²) in [6.45, 7) is 3.19. The first-order valence-electron chi connectivity index (χ1n) is 2.92. The molecule has 1 heterocycles. The van der Waals surface area contributed by atoms with Gasteiger partial charge in [0.05, 0.1) is 6.26 Å². The minimum atomic E-state index is -3.64. The lowest BCUT2D eigenvalue weighted by Crippen LogP contribution is -1.92. The molecule has 0 spiro atoms. The molecule has 0 aliphatic heterocycles. The molecule has 0 amide bonds. The van der Waals surface area contributed by atoms with Gasteiger partial charge in [0.2, 0.25) is 0 Å². The van der Waals surface area contributed by atoms with Crippen molar-refractivity contribution in [2.75, 3.05) is 0 Å². The molecule has 62 valence electrons. The lowest BCUT2D eigenvalue weighted by molar-refractivity contribution is 0.523. The number of furan rings is 1. The van der Waals surface area contributed by atoms with Crippen molar-refractivity contribution in [3.8, 4) is 0 Å². The van der Waals surface area contributed by atoms with Crippen LogP contribution in [0.1, 0.15) is 11.3 Å². The van der Waals surface area contributed by atoms with Gasteiger partial charge < -0.3 is 4.42 Å². The van der Waals surface area contributed by atoms with Gasteiger partial charge in [-0.25, -0.2) is 8.42 Å². The summed E-state index contributed by atoms with van der Waals surface area (Å²) in [4.78, 5) is 0.0826. The summed E-state index contributed by atoms with van der Waals surface area (Å²) in [6, 6.07) is 0. The van der Waals surface area contributed by atoms with E-state index in [9.17, 15) is 8.42 Å². The molecule has 0 saturated heterocycles. The van der Waals surface area contributed by atoms with E-state index in [2.05, 4.69) is 0 Å². The van der Waals surface area contributed by atoms with Gasteiger partial charge in [0.25, 0.3) is 9.05 Å². The van der Waals surface area contributed by atoms with E-state index in [1.54, 1.807) is 13.8 Å². The van der Waals surface area contributed by atoms with Crippen LogP contribution in [0.5, 0.6) is 0 Å². The van der Waals surface area contributed by atoms with Crippen LogP contribution < -0.4 is 0 Å². The van der Waals surface area contributed by atoms with E-state index in [1.807, 2.05) is 0 Å². The fraction of sp³-hybridized carbons (Fsp3) is 0.333. The first-order valence-corrected chi connectivity index (χ1v) is 5.23. The number of hydrogen-bond donors (Lipinski definition) is 0. The predicted octanol–water partition coefficient (Wildman–Crippen LogP) is 1.82. The predicted molar refractivity (Wildman–Crippen MR) is 41.2 cm³/mol. The standard InChI is InChI=1S/C6H7ClO3S/c1-4-3-10-5(2)6(4)11(7,8)9/h3H,1-2H3. The highest BCUT2D eigenvalue weighted by Gasteiger charge is 2.19. The van der Waals surface area contributed by atoms with E-state index in [0.717, 1.165) is 0 Å². The van der Waals surface area contributed by atoms with Crippen molar-refractivity contribution in [3.63, 3.8) is 0 Å². The molecular formula is C6H7ClO3S. The molecule has 0 fully saturated rings. The van der Waals surface area contributed by atoms with Gasteiger partial charge >= 0.3 is 0 Å². The van der Waals surface area contributed by atoms with Crippen LogP contribution in [0, 0.1) is 13.8 Å². The minimum Gasteiger partial charge on any atom is -0.468 e. The molecule has 0 saturated carbocycles. The second kappa shape index (κ2) is 2.53. The molecule has 1 aromatic heterocycles. The summed E-state index contributed by atoms with van der Waals surface area (Å²) in [5, 5.41) is 0. The van der Waals surface area contributed by atoms with Gasteiger partial charge in [-0.1, -0.05) is 0 Å². The highest BCUT2D eigenvalue weighted by Crippen LogP contribution is 2.24. The summed E-state index contributed by atoms with van der Waals surface area (Å²) >= 11 is 0. The molecule has 1 rings (SSSR count). The smallest absolute Gasteiger partial charge is 0.265 e. The monoisotopic (exact) mass is 194 g/mol. The summed E-state index contributed by atoms with van der Waals surface area (Å²) < 4.78 is 26.5. The second-order valence-electron chi connectivity index (χ2n) is 2.24. The third-order valence-electron chi connectivity index (χ3n) is 1.33. The van der Waals surface area contributed by atoms with Gasteiger partial charge in [-0.3, -0.25) is 0 Å². The fourth-order valence-electron chi connectivity index (χ4n) is 0.925. The normalized spacial score (nSPS) is 11.9. The van der Waals surface area contributed by atoms with Crippen molar-refractivity contribution in [1.82, 2.24) is 0 Å². The number of rotatable bonds is 1. The van der Waals surface area contributed by atoms with Crippen molar-refractivity contribution in [2.24, 2.45) is 0 Å². The van der Waals surface area contributed by atoms with Crippen molar-refractivity contribution in [3.05, 3.63) is 17.6 Å². The zero-order valence-corrected chi connectivity index (χ0v) is 7.66. The quantitative estimate of drug-likeness (QED) is 0.641. The highest BCUT2D eigenvalue weighted by molar-refractivity contribution is 8.13. The van der Waals surface area contributed by atoms with E-state index in [1.165, 1.54) is 6.26 Å². The lowest BCUT2D eigenvalue weighted by Gasteiger charge is -1.92. The molecule has 0 atom stereocenters. The molecular weight excluding hydrogens is 188 g/mol. The van der Waals surface area contributed by atoms with Crippen LogP contribution in [-0.2, 0) is 9.05 Å². The zero-order chi connectivity index (χ0) is 8.65. The Labute approximate surface area is 69.4 Å². The maximum absolute atomic E-state index is 10.8. The molecule has 5 heteroatoms. The Hall–Kier alpha value is -0.480. The third-order valence-corrected chi connectivity index (χ3v) is 2.89. The van der Waals surface area contributed by atoms with E-state index >= 15 is 0 Å². The molecule has 0 N–H and O–H groups in total. The Morgan fingerprint density at radius 3 is 2.18 bits per heavy atom. The number of aryl methyl sites for hydroxylation is 2. The van der Waals surface area contributed by atoms with Crippen molar-refractivity contribution < 1.29 is 12.8 Å². The second-order valence-corrected chi connectivity index (χ2v) is 4.74. The Balaban J connectivity index is 3.45. The molecule has 0 aromatic carbocycles. The SMILES string of the molecule is Cc1coc(C)c1S(=O)(=O)Cl.